The third-order valence-electron chi connectivity index (χ3n) is 3.32. The molecule has 2 heterocycles. The van der Waals surface area contributed by atoms with E-state index >= 15 is 0 Å². The minimum absolute atomic E-state index is 0.472. The summed E-state index contributed by atoms with van der Waals surface area (Å²) in [4.78, 5) is 8.87. The maximum absolute atomic E-state index is 5.92. The summed E-state index contributed by atoms with van der Waals surface area (Å²) in [5, 5.41) is 6.65. The highest BCUT2D eigenvalue weighted by Gasteiger charge is 2.15. The molecule has 1 aromatic heterocycles. The highest BCUT2D eigenvalue weighted by atomic mass is 15.1. The van der Waals surface area contributed by atoms with Crippen molar-refractivity contribution in [2.75, 3.05) is 30.7 Å². The molecule has 18 heavy (non-hydrogen) atoms. The molecule has 5 nitrogen and oxygen atoms in total. The quantitative estimate of drug-likeness (QED) is 0.756. The van der Waals surface area contributed by atoms with E-state index < -0.39 is 0 Å². The first-order valence-corrected chi connectivity index (χ1v) is 6.30. The van der Waals surface area contributed by atoms with Crippen molar-refractivity contribution in [3.05, 3.63) is 24.3 Å². The summed E-state index contributed by atoms with van der Waals surface area (Å²) in [5.74, 6) is 1.82. The van der Waals surface area contributed by atoms with Crippen LogP contribution in [0.5, 0.6) is 0 Å². The van der Waals surface area contributed by atoms with Gasteiger partial charge in [0.15, 0.2) is 11.6 Å². The number of benzene rings is 1. The number of nitrogens with two attached hydrogens (primary N) is 1. The summed E-state index contributed by atoms with van der Waals surface area (Å²) in [6.07, 6.45) is 1.20. The highest BCUT2D eigenvalue weighted by molar-refractivity contribution is 5.79. The fourth-order valence-corrected chi connectivity index (χ4v) is 2.27. The Morgan fingerprint density at radius 3 is 2.78 bits per heavy atom. The van der Waals surface area contributed by atoms with Crippen molar-refractivity contribution in [1.82, 2.24) is 15.3 Å². The molecule has 0 spiro atoms. The molecule has 1 atom stereocenters. The number of nitrogens with zero attached hydrogens (tertiary/aromatic N) is 2. The van der Waals surface area contributed by atoms with Gasteiger partial charge in [-0.1, -0.05) is 12.1 Å². The number of rotatable bonds is 3. The van der Waals surface area contributed by atoms with Crippen molar-refractivity contribution in [3.63, 3.8) is 0 Å². The average Bonchev–Trinajstić information content (AvgIpc) is 2.89. The van der Waals surface area contributed by atoms with Gasteiger partial charge in [-0.2, -0.15) is 0 Å². The van der Waals surface area contributed by atoms with Crippen LogP contribution in [0.25, 0.3) is 11.0 Å². The molecule has 5 heteroatoms. The zero-order valence-corrected chi connectivity index (χ0v) is 10.2. The number of aromatic nitrogens is 2. The summed E-state index contributed by atoms with van der Waals surface area (Å²) >= 11 is 0. The summed E-state index contributed by atoms with van der Waals surface area (Å²) in [7, 11) is 0. The molecule has 1 saturated heterocycles. The molecule has 0 radical (unpaired) electrons. The summed E-state index contributed by atoms with van der Waals surface area (Å²) in [6, 6.07) is 7.76. The van der Waals surface area contributed by atoms with Crippen molar-refractivity contribution in [1.29, 1.82) is 0 Å². The number of anilines is 2. The second-order valence-corrected chi connectivity index (χ2v) is 4.69. The molecule has 1 aromatic carbocycles. The van der Waals surface area contributed by atoms with Crippen molar-refractivity contribution >= 4 is 22.7 Å². The SMILES string of the molecule is Nc1nc2ccccc2nc1NC[C@@H]1CCNC1. The third-order valence-corrected chi connectivity index (χ3v) is 3.32. The highest BCUT2D eigenvalue weighted by Crippen LogP contribution is 2.19. The van der Waals surface area contributed by atoms with Crippen LogP contribution in [0.2, 0.25) is 0 Å². The fourth-order valence-electron chi connectivity index (χ4n) is 2.27. The van der Waals surface area contributed by atoms with E-state index in [2.05, 4.69) is 20.6 Å². The third kappa shape index (κ3) is 2.22. The molecule has 0 unspecified atom stereocenters. The van der Waals surface area contributed by atoms with E-state index in [0.29, 0.717) is 17.6 Å². The fraction of sp³-hybridized carbons (Fsp3) is 0.385. The van der Waals surface area contributed by atoms with Crippen LogP contribution >= 0.6 is 0 Å². The summed E-state index contributed by atoms with van der Waals surface area (Å²) in [5.41, 5.74) is 7.63. The molecule has 1 aliphatic rings. The second-order valence-electron chi connectivity index (χ2n) is 4.69. The Kier molecular flexibility index (Phi) is 2.98. The van der Waals surface area contributed by atoms with Crippen LogP contribution in [0.1, 0.15) is 6.42 Å². The molecule has 0 bridgehead atoms. The molecule has 0 saturated carbocycles. The zero-order chi connectivity index (χ0) is 12.4. The topological polar surface area (TPSA) is 75.9 Å². The number of fused-ring (bicyclic) bond motifs is 1. The van der Waals surface area contributed by atoms with Crippen LogP contribution in [-0.4, -0.2) is 29.6 Å². The molecule has 0 aliphatic carbocycles. The van der Waals surface area contributed by atoms with Crippen molar-refractivity contribution < 1.29 is 0 Å². The first kappa shape index (κ1) is 11.2. The van der Waals surface area contributed by atoms with Crippen LogP contribution in [0.4, 0.5) is 11.6 Å². The Hall–Kier alpha value is -1.88. The predicted octanol–water partition coefficient (Wildman–Crippen LogP) is 1.23. The van der Waals surface area contributed by atoms with Gasteiger partial charge in [-0.25, -0.2) is 9.97 Å². The van der Waals surface area contributed by atoms with Crippen LogP contribution in [0.15, 0.2) is 24.3 Å². The molecular weight excluding hydrogens is 226 g/mol. The number of hydrogen-bond donors (Lipinski definition) is 3. The van der Waals surface area contributed by atoms with E-state index in [1.807, 2.05) is 24.3 Å². The lowest BCUT2D eigenvalue weighted by Crippen LogP contribution is -2.18. The van der Waals surface area contributed by atoms with Gasteiger partial charge in [-0.15, -0.1) is 0 Å². The average molecular weight is 243 g/mol. The number of nitrogens with one attached hydrogen (secondary N) is 2. The predicted molar refractivity (Wildman–Crippen MR) is 73.4 cm³/mol. The van der Waals surface area contributed by atoms with Crippen LogP contribution in [0, 0.1) is 5.92 Å². The van der Waals surface area contributed by atoms with E-state index in [-0.39, 0.29) is 0 Å². The smallest absolute Gasteiger partial charge is 0.169 e. The van der Waals surface area contributed by atoms with Gasteiger partial charge in [0.05, 0.1) is 11.0 Å². The number of nitrogen functional groups attached to an aromatic ring is 1. The maximum Gasteiger partial charge on any atom is 0.169 e. The minimum atomic E-state index is 0.472. The number of para-hydroxylation sites is 2. The summed E-state index contributed by atoms with van der Waals surface area (Å²) in [6.45, 7) is 3.06. The molecule has 3 rings (SSSR count). The van der Waals surface area contributed by atoms with Crippen molar-refractivity contribution in [3.8, 4) is 0 Å². The Morgan fingerprint density at radius 1 is 1.28 bits per heavy atom. The molecule has 94 valence electrons. The largest absolute Gasteiger partial charge is 0.381 e. The van der Waals surface area contributed by atoms with Crippen molar-refractivity contribution in [2.24, 2.45) is 5.92 Å². The van der Waals surface area contributed by atoms with Crippen molar-refractivity contribution in [2.45, 2.75) is 6.42 Å². The van der Waals surface area contributed by atoms with Crippen LogP contribution in [-0.2, 0) is 0 Å². The summed E-state index contributed by atoms with van der Waals surface area (Å²) < 4.78 is 0. The molecule has 1 fully saturated rings. The Labute approximate surface area is 106 Å². The minimum Gasteiger partial charge on any atom is -0.381 e. The first-order chi connectivity index (χ1) is 8.83. The van der Waals surface area contributed by atoms with E-state index in [4.69, 9.17) is 5.73 Å². The van der Waals surface area contributed by atoms with Gasteiger partial charge in [0, 0.05) is 6.54 Å². The van der Waals surface area contributed by atoms with Gasteiger partial charge in [0.2, 0.25) is 0 Å². The van der Waals surface area contributed by atoms with E-state index in [1.54, 1.807) is 0 Å². The molecule has 4 N–H and O–H groups in total. The van der Waals surface area contributed by atoms with Gasteiger partial charge in [-0.3, -0.25) is 0 Å². The van der Waals surface area contributed by atoms with E-state index in [0.717, 1.165) is 30.7 Å². The normalized spacial score (nSPS) is 19.2. The van der Waals surface area contributed by atoms with Crippen LogP contribution in [0.3, 0.4) is 0 Å². The van der Waals surface area contributed by atoms with Gasteiger partial charge in [-0.05, 0) is 37.6 Å². The van der Waals surface area contributed by atoms with Gasteiger partial charge in [0.1, 0.15) is 0 Å². The molecule has 2 aromatic rings. The molecule has 0 amide bonds. The van der Waals surface area contributed by atoms with Gasteiger partial charge >= 0.3 is 0 Å². The second kappa shape index (κ2) is 4.78. The zero-order valence-electron chi connectivity index (χ0n) is 10.2. The number of hydrogen-bond acceptors (Lipinski definition) is 5. The van der Waals surface area contributed by atoms with Gasteiger partial charge in [0.25, 0.3) is 0 Å². The van der Waals surface area contributed by atoms with Gasteiger partial charge < -0.3 is 16.4 Å². The Morgan fingerprint density at radius 2 is 2.06 bits per heavy atom. The maximum atomic E-state index is 5.92. The Bertz CT molecular complexity index is 548. The standard InChI is InChI=1S/C13H17N5/c14-12-13(16-8-9-5-6-15-7-9)18-11-4-2-1-3-10(11)17-12/h1-4,9,15H,5-8H2,(H2,14,17)(H,16,18)/t9-/m1/s1. The lowest BCUT2D eigenvalue weighted by molar-refractivity contribution is 0.614. The first-order valence-electron chi connectivity index (χ1n) is 6.30. The monoisotopic (exact) mass is 243 g/mol. The Balaban J connectivity index is 1.80. The van der Waals surface area contributed by atoms with E-state index in [1.165, 1.54) is 6.42 Å². The van der Waals surface area contributed by atoms with E-state index in [9.17, 15) is 0 Å². The van der Waals surface area contributed by atoms with Crippen LogP contribution < -0.4 is 16.4 Å². The molecule has 1 aliphatic heterocycles. The molecular formula is C13H17N5. The lowest BCUT2D eigenvalue weighted by atomic mass is 10.1. The lowest BCUT2D eigenvalue weighted by Gasteiger charge is -2.12.